The fraction of sp³-hybridized carbons (Fsp3) is 1.00. The van der Waals surface area contributed by atoms with Gasteiger partial charge in [0.05, 0.1) is 11.5 Å². The van der Waals surface area contributed by atoms with Crippen LogP contribution >= 0.6 is 0 Å². The van der Waals surface area contributed by atoms with Crippen LogP contribution in [-0.4, -0.2) is 23.4 Å². The summed E-state index contributed by atoms with van der Waals surface area (Å²) in [6.07, 6.45) is -1.70. The Morgan fingerprint density at radius 1 is 1.38 bits per heavy atom. The van der Waals surface area contributed by atoms with Crippen molar-refractivity contribution in [1.29, 1.82) is 0 Å². The van der Waals surface area contributed by atoms with Crippen LogP contribution in [0.5, 0.6) is 0 Å². The van der Waals surface area contributed by atoms with Crippen LogP contribution in [0.4, 0.5) is 8.78 Å². The number of rotatable bonds is 2. The zero-order valence-electron chi connectivity index (χ0n) is 8.18. The number of hydrogen-bond donors (Lipinski definition) is 1. The Labute approximate surface area is 76.9 Å². The minimum absolute atomic E-state index is 0.301. The molecule has 1 N–H and O–H groups in total. The molecule has 1 saturated heterocycles. The zero-order chi connectivity index (χ0) is 10.3. The van der Waals surface area contributed by atoms with E-state index in [2.05, 4.69) is 0 Å². The van der Waals surface area contributed by atoms with Gasteiger partial charge < -0.3 is 9.84 Å². The molecule has 0 amide bonds. The summed E-state index contributed by atoms with van der Waals surface area (Å²) in [6.45, 7) is 4.95. The van der Waals surface area contributed by atoms with Gasteiger partial charge in [-0.1, -0.05) is 20.8 Å². The van der Waals surface area contributed by atoms with Crippen molar-refractivity contribution in [3.63, 3.8) is 0 Å². The normalized spacial score (nSPS) is 43.8. The maximum absolute atomic E-state index is 13.4. The Morgan fingerprint density at radius 3 is 2.23 bits per heavy atom. The number of aliphatic hydroxyl groups is 1. The standard InChI is InChI=1S/C9H16F2O2/c1-4-6-8(3,5-2)9(10,11)7(12)13-6/h6-7,12H,4-5H2,1-3H3/t6-,7-,8?/m1/s1. The van der Waals surface area contributed by atoms with E-state index in [1.54, 1.807) is 13.8 Å². The van der Waals surface area contributed by atoms with Gasteiger partial charge in [0, 0.05) is 0 Å². The van der Waals surface area contributed by atoms with E-state index in [4.69, 9.17) is 9.84 Å². The molecule has 1 aliphatic rings. The largest absolute Gasteiger partial charge is 0.363 e. The van der Waals surface area contributed by atoms with E-state index in [1.165, 1.54) is 6.92 Å². The summed E-state index contributed by atoms with van der Waals surface area (Å²) in [5, 5.41) is 9.05. The van der Waals surface area contributed by atoms with Gasteiger partial charge in [-0.15, -0.1) is 0 Å². The van der Waals surface area contributed by atoms with E-state index in [0.29, 0.717) is 12.8 Å². The molecular formula is C9H16F2O2. The molecule has 4 heteroatoms. The minimum atomic E-state index is -3.14. The summed E-state index contributed by atoms with van der Waals surface area (Å²) in [5.74, 6) is -3.14. The van der Waals surface area contributed by atoms with Crippen LogP contribution in [0.2, 0.25) is 0 Å². The third-order valence-corrected chi connectivity index (χ3v) is 3.18. The van der Waals surface area contributed by atoms with Crippen molar-refractivity contribution in [2.45, 2.75) is 51.9 Å². The highest BCUT2D eigenvalue weighted by molar-refractivity contribution is 5.01. The van der Waals surface area contributed by atoms with Gasteiger partial charge in [0.1, 0.15) is 0 Å². The smallest absolute Gasteiger partial charge is 0.305 e. The monoisotopic (exact) mass is 194 g/mol. The molecule has 13 heavy (non-hydrogen) atoms. The first kappa shape index (κ1) is 10.9. The van der Waals surface area contributed by atoms with Gasteiger partial charge in [0.15, 0.2) is 0 Å². The lowest BCUT2D eigenvalue weighted by atomic mass is 9.76. The van der Waals surface area contributed by atoms with Gasteiger partial charge >= 0.3 is 5.92 Å². The summed E-state index contributed by atoms with van der Waals surface area (Å²) in [5.41, 5.74) is -1.23. The predicted molar refractivity (Wildman–Crippen MR) is 44.5 cm³/mol. The van der Waals surface area contributed by atoms with Crippen LogP contribution in [0.3, 0.4) is 0 Å². The second-order valence-corrected chi connectivity index (χ2v) is 3.78. The molecule has 2 nitrogen and oxygen atoms in total. The Morgan fingerprint density at radius 2 is 1.92 bits per heavy atom. The number of halogens is 2. The second-order valence-electron chi connectivity index (χ2n) is 3.78. The Hall–Kier alpha value is -0.220. The lowest BCUT2D eigenvalue weighted by Crippen LogP contribution is -2.44. The molecule has 1 unspecified atom stereocenters. The van der Waals surface area contributed by atoms with Gasteiger partial charge in [0.25, 0.3) is 0 Å². The molecule has 0 aromatic rings. The van der Waals surface area contributed by atoms with Crippen LogP contribution in [0.25, 0.3) is 0 Å². The topological polar surface area (TPSA) is 29.5 Å². The number of aliphatic hydroxyl groups excluding tert-OH is 1. The Bertz CT molecular complexity index is 196. The highest BCUT2D eigenvalue weighted by atomic mass is 19.3. The molecular weight excluding hydrogens is 178 g/mol. The first-order valence-electron chi connectivity index (χ1n) is 4.61. The average molecular weight is 194 g/mol. The first-order valence-corrected chi connectivity index (χ1v) is 4.61. The van der Waals surface area contributed by atoms with Crippen LogP contribution in [0, 0.1) is 5.41 Å². The molecule has 0 radical (unpaired) electrons. The van der Waals surface area contributed by atoms with E-state index < -0.39 is 23.7 Å². The molecule has 1 rings (SSSR count). The summed E-state index contributed by atoms with van der Waals surface area (Å²) >= 11 is 0. The van der Waals surface area contributed by atoms with Gasteiger partial charge in [-0.05, 0) is 12.8 Å². The number of hydrogen-bond acceptors (Lipinski definition) is 2. The average Bonchev–Trinajstić information content (AvgIpc) is 2.26. The molecule has 0 spiro atoms. The molecule has 0 saturated carbocycles. The maximum atomic E-state index is 13.4. The Balaban J connectivity index is 2.98. The van der Waals surface area contributed by atoms with E-state index in [1.807, 2.05) is 0 Å². The lowest BCUT2D eigenvalue weighted by Gasteiger charge is -2.32. The number of ether oxygens (including phenoxy) is 1. The zero-order valence-corrected chi connectivity index (χ0v) is 8.18. The van der Waals surface area contributed by atoms with Gasteiger partial charge in [-0.25, -0.2) is 8.78 Å². The summed E-state index contributed by atoms with van der Waals surface area (Å²) in [4.78, 5) is 0. The van der Waals surface area contributed by atoms with Gasteiger partial charge in [0.2, 0.25) is 6.29 Å². The lowest BCUT2D eigenvalue weighted by molar-refractivity contribution is -0.202. The van der Waals surface area contributed by atoms with Crippen molar-refractivity contribution in [3.05, 3.63) is 0 Å². The summed E-state index contributed by atoms with van der Waals surface area (Å²) < 4.78 is 31.7. The van der Waals surface area contributed by atoms with Crippen LogP contribution in [0.15, 0.2) is 0 Å². The highest BCUT2D eigenvalue weighted by Crippen LogP contribution is 2.52. The molecule has 0 bridgehead atoms. The fourth-order valence-electron chi connectivity index (χ4n) is 1.90. The first-order chi connectivity index (χ1) is 5.90. The van der Waals surface area contributed by atoms with E-state index in [9.17, 15) is 8.78 Å². The van der Waals surface area contributed by atoms with Crippen molar-refractivity contribution in [2.24, 2.45) is 5.41 Å². The van der Waals surface area contributed by atoms with Crippen molar-refractivity contribution in [3.8, 4) is 0 Å². The summed E-state index contributed by atoms with van der Waals surface area (Å²) in [6, 6.07) is 0. The van der Waals surface area contributed by atoms with Crippen molar-refractivity contribution in [1.82, 2.24) is 0 Å². The van der Waals surface area contributed by atoms with E-state index in [-0.39, 0.29) is 0 Å². The highest BCUT2D eigenvalue weighted by Gasteiger charge is 2.64. The third-order valence-electron chi connectivity index (χ3n) is 3.18. The fourth-order valence-corrected chi connectivity index (χ4v) is 1.90. The molecule has 0 aromatic carbocycles. The molecule has 3 atom stereocenters. The summed E-state index contributed by atoms with van der Waals surface area (Å²) in [7, 11) is 0. The van der Waals surface area contributed by atoms with Crippen LogP contribution in [-0.2, 0) is 4.74 Å². The Kier molecular flexibility index (Phi) is 2.65. The molecule has 1 heterocycles. The van der Waals surface area contributed by atoms with Crippen LogP contribution < -0.4 is 0 Å². The third kappa shape index (κ3) is 1.27. The SMILES string of the molecule is CC[C@H]1O[C@@H](O)C(F)(F)C1(C)CC. The maximum Gasteiger partial charge on any atom is 0.305 e. The van der Waals surface area contributed by atoms with Crippen molar-refractivity contribution < 1.29 is 18.6 Å². The minimum Gasteiger partial charge on any atom is -0.363 e. The van der Waals surface area contributed by atoms with Crippen LogP contribution in [0.1, 0.15) is 33.6 Å². The van der Waals surface area contributed by atoms with Gasteiger partial charge in [-0.3, -0.25) is 0 Å². The van der Waals surface area contributed by atoms with E-state index >= 15 is 0 Å². The molecule has 1 fully saturated rings. The van der Waals surface area contributed by atoms with E-state index in [0.717, 1.165) is 0 Å². The quantitative estimate of drug-likeness (QED) is 0.730. The van der Waals surface area contributed by atoms with Gasteiger partial charge in [-0.2, -0.15) is 0 Å². The predicted octanol–water partition coefficient (Wildman–Crippen LogP) is 2.17. The van der Waals surface area contributed by atoms with Crippen molar-refractivity contribution in [2.75, 3.05) is 0 Å². The molecule has 0 aliphatic carbocycles. The van der Waals surface area contributed by atoms with Crippen molar-refractivity contribution >= 4 is 0 Å². The molecule has 1 aliphatic heterocycles. The molecule has 0 aromatic heterocycles. The molecule has 78 valence electrons. The second kappa shape index (κ2) is 3.17. The number of alkyl halides is 2.